The largest absolute Gasteiger partial charge is 0.465 e. The fourth-order valence-corrected chi connectivity index (χ4v) is 2.00. The van der Waals surface area contributed by atoms with Crippen molar-refractivity contribution in [2.75, 3.05) is 12.4 Å². The van der Waals surface area contributed by atoms with Crippen LogP contribution in [0, 0.1) is 5.82 Å². The van der Waals surface area contributed by atoms with E-state index >= 15 is 0 Å². The van der Waals surface area contributed by atoms with E-state index in [2.05, 4.69) is 20.2 Å². The third-order valence-electron chi connectivity index (χ3n) is 3.37. The third kappa shape index (κ3) is 4.85. The van der Waals surface area contributed by atoms with E-state index in [9.17, 15) is 14.0 Å². The molecule has 0 atom stereocenters. The number of methoxy groups -OCH3 is 1. The molecule has 7 nitrogen and oxygen atoms in total. The molecule has 1 aromatic heterocycles. The van der Waals surface area contributed by atoms with Gasteiger partial charge in [0.2, 0.25) is 11.8 Å². The lowest BCUT2D eigenvalue weighted by atomic mass is 9.96. The molecule has 0 unspecified atom stereocenters. The van der Waals surface area contributed by atoms with Crippen molar-refractivity contribution >= 4 is 17.6 Å². The average Bonchev–Trinajstić information content (AvgIpc) is 3.01. The minimum atomic E-state index is -0.665. The van der Waals surface area contributed by atoms with Crippen LogP contribution < -0.4 is 5.32 Å². The van der Waals surface area contributed by atoms with Crippen molar-refractivity contribution in [1.82, 2.24) is 10.1 Å². The van der Waals surface area contributed by atoms with Gasteiger partial charge in [-0.15, -0.1) is 0 Å². The number of aryl methyl sites for hydroxylation is 1. The molecule has 0 radical (unpaired) electrons. The SMILES string of the molecule is COC(=O)c1ccc(F)cc1NC(=O)CCc1nc(C(C)(C)C)no1. The van der Waals surface area contributed by atoms with Crippen molar-refractivity contribution < 1.29 is 23.2 Å². The Labute approximate surface area is 144 Å². The number of hydrogen-bond acceptors (Lipinski definition) is 6. The summed E-state index contributed by atoms with van der Waals surface area (Å²) < 4.78 is 23.1. The number of nitrogens with zero attached hydrogens (tertiary/aromatic N) is 2. The quantitative estimate of drug-likeness (QED) is 0.834. The number of carbonyl (C=O) groups excluding carboxylic acids is 2. The molecule has 1 N–H and O–H groups in total. The molecule has 25 heavy (non-hydrogen) atoms. The van der Waals surface area contributed by atoms with Crippen LogP contribution in [-0.2, 0) is 21.4 Å². The molecule has 0 aliphatic heterocycles. The molecule has 0 spiro atoms. The number of amides is 1. The number of ether oxygens (including phenoxy) is 1. The van der Waals surface area contributed by atoms with Crippen molar-refractivity contribution in [3.05, 3.63) is 41.3 Å². The van der Waals surface area contributed by atoms with E-state index < -0.39 is 17.7 Å². The maximum atomic E-state index is 13.4. The molecule has 0 fully saturated rings. The Morgan fingerprint density at radius 1 is 1.32 bits per heavy atom. The molecular formula is C17H20FN3O4. The number of esters is 1. The Balaban J connectivity index is 2.02. The second-order valence-electron chi connectivity index (χ2n) is 6.49. The van der Waals surface area contributed by atoms with Gasteiger partial charge in [-0.05, 0) is 18.2 Å². The van der Waals surface area contributed by atoms with Crippen LogP contribution in [0.2, 0.25) is 0 Å². The van der Waals surface area contributed by atoms with Gasteiger partial charge in [0.1, 0.15) is 5.82 Å². The Hall–Kier alpha value is -2.77. The molecule has 0 aliphatic rings. The van der Waals surface area contributed by atoms with Crippen molar-refractivity contribution in [3.63, 3.8) is 0 Å². The number of rotatable bonds is 5. The highest BCUT2D eigenvalue weighted by Gasteiger charge is 2.21. The molecule has 134 valence electrons. The van der Waals surface area contributed by atoms with Gasteiger partial charge in [-0.3, -0.25) is 4.79 Å². The summed E-state index contributed by atoms with van der Waals surface area (Å²) in [6.07, 6.45) is 0.278. The summed E-state index contributed by atoms with van der Waals surface area (Å²) in [7, 11) is 1.21. The van der Waals surface area contributed by atoms with Crippen LogP contribution in [0.3, 0.4) is 0 Å². The molecule has 0 saturated heterocycles. The molecule has 0 saturated carbocycles. The molecule has 2 rings (SSSR count). The van der Waals surface area contributed by atoms with E-state index in [4.69, 9.17) is 4.52 Å². The minimum absolute atomic E-state index is 0.0445. The van der Waals surface area contributed by atoms with E-state index in [-0.39, 0.29) is 29.5 Å². The van der Waals surface area contributed by atoms with Gasteiger partial charge < -0.3 is 14.6 Å². The minimum Gasteiger partial charge on any atom is -0.465 e. The van der Waals surface area contributed by atoms with Crippen LogP contribution in [0.15, 0.2) is 22.7 Å². The fourth-order valence-electron chi connectivity index (χ4n) is 2.00. The van der Waals surface area contributed by atoms with Crippen molar-refractivity contribution in [2.45, 2.75) is 39.0 Å². The number of nitrogens with one attached hydrogen (secondary N) is 1. The summed E-state index contributed by atoms with van der Waals surface area (Å²) >= 11 is 0. The Bertz CT molecular complexity index is 780. The number of benzene rings is 1. The molecule has 2 aromatic rings. The molecule has 8 heteroatoms. The zero-order chi connectivity index (χ0) is 18.6. The highest BCUT2D eigenvalue weighted by atomic mass is 19.1. The normalized spacial score (nSPS) is 11.2. The van der Waals surface area contributed by atoms with Gasteiger partial charge in [-0.2, -0.15) is 4.98 Å². The van der Waals surface area contributed by atoms with Crippen molar-refractivity contribution in [2.24, 2.45) is 0 Å². The van der Waals surface area contributed by atoms with Crippen LogP contribution in [0.25, 0.3) is 0 Å². The highest BCUT2D eigenvalue weighted by molar-refractivity contribution is 6.01. The predicted octanol–water partition coefficient (Wildman–Crippen LogP) is 2.86. The number of carbonyl (C=O) groups is 2. The monoisotopic (exact) mass is 349 g/mol. The topological polar surface area (TPSA) is 94.3 Å². The second-order valence-corrected chi connectivity index (χ2v) is 6.49. The zero-order valence-corrected chi connectivity index (χ0v) is 14.6. The first-order valence-electron chi connectivity index (χ1n) is 7.71. The maximum absolute atomic E-state index is 13.4. The van der Waals surface area contributed by atoms with E-state index in [1.54, 1.807) is 0 Å². The lowest BCUT2D eigenvalue weighted by Gasteiger charge is -2.11. The van der Waals surface area contributed by atoms with E-state index in [1.165, 1.54) is 13.2 Å². The lowest BCUT2D eigenvalue weighted by Crippen LogP contribution is -2.16. The summed E-state index contributed by atoms with van der Waals surface area (Å²) in [6.45, 7) is 5.85. The van der Waals surface area contributed by atoms with Crippen molar-refractivity contribution in [1.29, 1.82) is 0 Å². The predicted molar refractivity (Wildman–Crippen MR) is 87.7 cm³/mol. The Morgan fingerprint density at radius 2 is 2.04 bits per heavy atom. The summed E-state index contributed by atoms with van der Waals surface area (Å²) in [4.78, 5) is 28.0. The first-order chi connectivity index (χ1) is 11.7. The maximum Gasteiger partial charge on any atom is 0.339 e. The van der Waals surface area contributed by atoms with Crippen LogP contribution >= 0.6 is 0 Å². The van der Waals surface area contributed by atoms with Gasteiger partial charge in [0.15, 0.2) is 5.82 Å². The van der Waals surface area contributed by atoms with Crippen LogP contribution in [0.1, 0.15) is 49.3 Å². The lowest BCUT2D eigenvalue weighted by molar-refractivity contribution is -0.116. The van der Waals surface area contributed by atoms with Gasteiger partial charge in [-0.1, -0.05) is 25.9 Å². The van der Waals surface area contributed by atoms with E-state index in [1.807, 2.05) is 20.8 Å². The molecule has 0 bridgehead atoms. The highest BCUT2D eigenvalue weighted by Crippen LogP contribution is 2.20. The van der Waals surface area contributed by atoms with Crippen LogP contribution in [0.4, 0.5) is 10.1 Å². The van der Waals surface area contributed by atoms with Crippen molar-refractivity contribution in [3.8, 4) is 0 Å². The zero-order valence-electron chi connectivity index (χ0n) is 14.6. The summed E-state index contributed by atoms with van der Waals surface area (Å²) in [5.41, 5.74) is -0.121. The van der Waals surface area contributed by atoms with E-state index in [0.717, 1.165) is 12.1 Å². The number of aromatic nitrogens is 2. The van der Waals surface area contributed by atoms with E-state index in [0.29, 0.717) is 11.7 Å². The number of hydrogen-bond donors (Lipinski definition) is 1. The standard InChI is InChI=1S/C17H20FN3O4/c1-17(2,3)16-20-14(25-21-16)8-7-13(22)19-12-9-10(18)5-6-11(12)15(23)24-4/h5-6,9H,7-8H2,1-4H3,(H,19,22). The molecular weight excluding hydrogens is 329 g/mol. The fraction of sp³-hybridized carbons (Fsp3) is 0.412. The van der Waals surface area contributed by atoms with Gasteiger partial charge in [0.05, 0.1) is 18.4 Å². The first-order valence-corrected chi connectivity index (χ1v) is 7.71. The van der Waals surface area contributed by atoms with Gasteiger partial charge in [0, 0.05) is 18.3 Å². The molecule has 1 aromatic carbocycles. The summed E-state index contributed by atoms with van der Waals surface area (Å²) in [5.74, 6) is -0.753. The van der Waals surface area contributed by atoms with Crippen LogP contribution in [0.5, 0.6) is 0 Å². The average molecular weight is 349 g/mol. The molecule has 1 amide bonds. The Morgan fingerprint density at radius 3 is 2.64 bits per heavy atom. The summed E-state index contributed by atoms with van der Waals surface area (Å²) in [5, 5.41) is 6.39. The van der Waals surface area contributed by atoms with Gasteiger partial charge in [-0.25, -0.2) is 9.18 Å². The summed E-state index contributed by atoms with van der Waals surface area (Å²) in [6, 6.07) is 3.44. The third-order valence-corrected chi connectivity index (χ3v) is 3.37. The molecule has 1 heterocycles. The first kappa shape index (κ1) is 18.6. The Kier molecular flexibility index (Phi) is 5.51. The number of halogens is 1. The molecule has 0 aliphatic carbocycles. The van der Waals surface area contributed by atoms with Gasteiger partial charge >= 0.3 is 5.97 Å². The smallest absolute Gasteiger partial charge is 0.339 e. The second kappa shape index (κ2) is 7.42. The number of anilines is 1. The van der Waals surface area contributed by atoms with Gasteiger partial charge in [0.25, 0.3) is 0 Å². The van der Waals surface area contributed by atoms with Crippen LogP contribution in [-0.4, -0.2) is 29.1 Å².